The Bertz CT molecular complexity index is 548. The average Bonchev–Trinajstić information content (AvgIpc) is 3.07. The summed E-state index contributed by atoms with van der Waals surface area (Å²) < 4.78 is 16.1. The van der Waals surface area contributed by atoms with Crippen LogP contribution in [0.1, 0.15) is 24.8 Å². The van der Waals surface area contributed by atoms with Gasteiger partial charge in [-0.25, -0.2) is 0 Å². The van der Waals surface area contributed by atoms with E-state index in [0.29, 0.717) is 36.3 Å². The van der Waals surface area contributed by atoms with E-state index in [-0.39, 0.29) is 11.8 Å². The highest BCUT2D eigenvalue weighted by Gasteiger charge is 2.31. The van der Waals surface area contributed by atoms with Crippen LogP contribution in [0.2, 0.25) is 0 Å². The molecule has 0 aliphatic heterocycles. The molecular weight excluding hydrogens is 296 g/mol. The van der Waals surface area contributed by atoms with Gasteiger partial charge in [0.25, 0.3) is 0 Å². The molecule has 0 radical (unpaired) electrons. The van der Waals surface area contributed by atoms with E-state index < -0.39 is 0 Å². The number of nitrogens with two attached hydrogens (primary N) is 1. The minimum Gasteiger partial charge on any atom is -0.493 e. The van der Waals surface area contributed by atoms with Crippen LogP contribution in [-0.4, -0.2) is 33.8 Å². The molecule has 2 rings (SSSR count). The number of carbonyl (C=O) groups is 1. The van der Waals surface area contributed by atoms with Crippen LogP contribution < -0.4 is 25.3 Å². The van der Waals surface area contributed by atoms with Crippen molar-refractivity contribution in [2.24, 2.45) is 17.6 Å². The molecule has 6 nitrogen and oxygen atoms in total. The molecule has 1 aromatic rings. The lowest BCUT2D eigenvalue weighted by Gasteiger charge is -2.19. The van der Waals surface area contributed by atoms with E-state index >= 15 is 0 Å². The van der Waals surface area contributed by atoms with E-state index in [9.17, 15) is 4.79 Å². The van der Waals surface area contributed by atoms with Crippen molar-refractivity contribution in [3.05, 3.63) is 17.7 Å². The van der Waals surface area contributed by atoms with Crippen molar-refractivity contribution in [2.45, 2.75) is 25.8 Å². The lowest BCUT2D eigenvalue weighted by atomic mass is 9.95. The quantitative estimate of drug-likeness (QED) is 0.798. The van der Waals surface area contributed by atoms with Crippen LogP contribution in [0, 0.1) is 11.8 Å². The highest BCUT2D eigenvalue weighted by molar-refractivity contribution is 5.79. The van der Waals surface area contributed by atoms with Crippen molar-refractivity contribution in [3.8, 4) is 17.2 Å². The molecule has 1 amide bonds. The highest BCUT2D eigenvalue weighted by Crippen LogP contribution is 2.39. The number of benzene rings is 1. The molecule has 0 saturated heterocycles. The van der Waals surface area contributed by atoms with E-state index in [2.05, 4.69) is 5.32 Å². The lowest BCUT2D eigenvalue weighted by Crippen LogP contribution is -2.34. The summed E-state index contributed by atoms with van der Waals surface area (Å²) in [6, 6.07) is 3.68. The second-order valence-corrected chi connectivity index (χ2v) is 5.74. The SMILES string of the molecule is COc1ccc(CNC(=O)[C@@H]2CCC[C@@H]2CN)c(OC)c1OC. The standard InChI is InChI=1S/C17H26N2O4/c1-21-14-8-7-12(15(22-2)16(14)23-3)10-19-17(20)13-6-4-5-11(13)9-18/h7-8,11,13H,4-6,9-10,18H2,1-3H3,(H,19,20)/t11-,13-/m1/s1. The zero-order valence-electron chi connectivity index (χ0n) is 14.1. The monoisotopic (exact) mass is 322 g/mol. The maximum atomic E-state index is 12.4. The number of rotatable bonds is 7. The van der Waals surface area contributed by atoms with Gasteiger partial charge < -0.3 is 25.3 Å². The number of carbonyl (C=O) groups excluding carboxylic acids is 1. The minimum absolute atomic E-state index is 0.0196. The van der Waals surface area contributed by atoms with Gasteiger partial charge in [-0.1, -0.05) is 6.42 Å². The first kappa shape index (κ1) is 17.4. The van der Waals surface area contributed by atoms with Crippen LogP contribution in [0.25, 0.3) is 0 Å². The van der Waals surface area contributed by atoms with Crippen molar-refractivity contribution in [3.63, 3.8) is 0 Å². The van der Waals surface area contributed by atoms with Crippen LogP contribution in [-0.2, 0) is 11.3 Å². The second kappa shape index (κ2) is 8.06. The van der Waals surface area contributed by atoms with E-state index in [1.54, 1.807) is 27.4 Å². The number of nitrogens with one attached hydrogen (secondary N) is 1. The zero-order chi connectivity index (χ0) is 16.8. The number of hydrogen-bond donors (Lipinski definition) is 2. The molecule has 23 heavy (non-hydrogen) atoms. The molecule has 1 aromatic carbocycles. The first-order valence-corrected chi connectivity index (χ1v) is 7.91. The molecule has 0 spiro atoms. The molecule has 0 aromatic heterocycles. The molecule has 2 atom stereocenters. The topological polar surface area (TPSA) is 82.8 Å². The van der Waals surface area contributed by atoms with Gasteiger partial charge in [-0.15, -0.1) is 0 Å². The molecule has 128 valence electrons. The fraction of sp³-hybridized carbons (Fsp3) is 0.588. The van der Waals surface area contributed by atoms with Gasteiger partial charge in [0.1, 0.15) is 0 Å². The summed E-state index contributed by atoms with van der Waals surface area (Å²) in [5.74, 6) is 2.08. The van der Waals surface area contributed by atoms with Crippen LogP contribution in [0.5, 0.6) is 17.2 Å². The highest BCUT2D eigenvalue weighted by atomic mass is 16.5. The Hall–Kier alpha value is -1.95. The summed E-state index contributed by atoms with van der Waals surface area (Å²) >= 11 is 0. The van der Waals surface area contributed by atoms with Gasteiger partial charge in [0.15, 0.2) is 11.5 Å². The fourth-order valence-electron chi connectivity index (χ4n) is 3.28. The van der Waals surface area contributed by atoms with E-state index in [4.69, 9.17) is 19.9 Å². The predicted octanol–water partition coefficient (Wildman–Crippen LogP) is 1.70. The third-order valence-corrected chi connectivity index (χ3v) is 4.54. The molecule has 6 heteroatoms. The molecule has 0 unspecified atom stereocenters. The molecule has 0 heterocycles. The molecule has 0 bridgehead atoms. The molecule has 1 aliphatic carbocycles. The average molecular weight is 322 g/mol. The van der Waals surface area contributed by atoms with Crippen LogP contribution in [0.3, 0.4) is 0 Å². The smallest absolute Gasteiger partial charge is 0.223 e. The Morgan fingerprint density at radius 3 is 2.52 bits per heavy atom. The van der Waals surface area contributed by atoms with Gasteiger partial charge in [0.2, 0.25) is 11.7 Å². The van der Waals surface area contributed by atoms with Gasteiger partial charge in [-0.3, -0.25) is 4.79 Å². The minimum atomic E-state index is 0.0196. The first-order chi connectivity index (χ1) is 11.2. The largest absolute Gasteiger partial charge is 0.493 e. The van der Waals surface area contributed by atoms with Gasteiger partial charge in [0, 0.05) is 18.0 Å². The summed E-state index contributed by atoms with van der Waals surface area (Å²) in [7, 11) is 4.71. The Balaban J connectivity index is 2.09. The van der Waals surface area contributed by atoms with E-state index in [1.807, 2.05) is 6.07 Å². The summed E-state index contributed by atoms with van der Waals surface area (Å²) in [5.41, 5.74) is 6.60. The number of ether oxygens (including phenoxy) is 3. The Kier molecular flexibility index (Phi) is 6.10. The fourth-order valence-corrected chi connectivity index (χ4v) is 3.28. The molecule has 1 fully saturated rings. The number of methoxy groups -OCH3 is 3. The zero-order valence-corrected chi connectivity index (χ0v) is 14.1. The summed E-state index contributed by atoms with van der Waals surface area (Å²) in [5, 5.41) is 3.00. The molecular formula is C17H26N2O4. The lowest BCUT2D eigenvalue weighted by molar-refractivity contribution is -0.126. The normalized spacial score (nSPS) is 20.2. The second-order valence-electron chi connectivity index (χ2n) is 5.74. The summed E-state index contributed by atoms with van der Waals surface area (Å²) in [6.45, 7) is 0.952. The first-order valence-electron chi connectivity index (χ1n) is 7.91. The van der Waals surface area contributed by atoms with E-state index in [1.165, 1.54) is 0 Å². The molecule has 3 N–H and O–H groups in total. The number of hydrogen-bond acceptors (Lipinski definition) is 5. The third kappa shape index (κ3) is 3.69. The van der Waals surface area contributed by atoms with Gasteiger partial charge >= 0.3 is 0 Å². The summed E-state index contributed by atoms with van der Waals surface area (Å²) in [4.78, 5) is 12.4. The van der Waals surface area contributed by atoms with Crippen molar-refractivity contribution >= 4 is 5.91 Å². The van der Waals surface area contributed by atoms with Crippen molar-refractivity contribution < 1.29 is 19.0 Å². The van der Waals surface area contributed by atoms with Crippen molar-refractivity contribution in [1.82, 2.24) is 5.32 Å². The predicted molar refractivity (Wildman–Crippen MR) is 87.8 cm³/mol. The Labute approximate surface area is 137 Å². The van der Waals surface area contributed by atoms with Gasteiger partial charge in [-0.05, 0) is 37.4 Å². The van der Waals surface area contributed by atoms with Gasteiger partial charge in [-0.2, -0.15) is 0 Å². The Morgan fingerprint density at radius 2 is 1.91 bits per heavy atom. The maximum absolute atomic E-state index is 12.4. The van der Waals surface area contributed by atoms with Gasteiger partial charge in [0.05, 0.1) is 21.3 Å². The van der Waals surface area contributed by atoms with E-state index in [0.717, 1.165) is 24.8 Å². The maximum Gasteiger partial charge on any atom is 0.223 e. The number of amides is 1. The van der Waals surface area contributed by atoms with Crippen molar-refractivity contribution in [1.29, 1.82) is 0 Å². The van der Waals surface area contributed by atoms with Crippen molar-refractivity contribution in [2.75, 3.05) is 27.9 Å². The summed E-state index contributed by atoms with van der Waals surface area (Å²) in [6.07, 6.45) is 3.02. The van der Waals surface area contributed by atoms with Crippen LogP contribution in [0.15, 0.2) is 12.1 Å². The molecule has 1 saturated carbocycles. The van der Waals surface area contributed by atoms with Crippen LogP contribution in [0.4, 0.5) is 0 Å². The Morgan fingerprint density at radius 1 is 1.17 bits per heavy atom. The molecule has 1 aliphatic rings. The van der Waals surface area contributed by atoms with Crippen LogP contribution >= 0.6 is 0 Å². The third-order valence-electron chi connectivity index (χ3n) is 4.54.